The Labute approximate surface area is 122 Å². The molecule has 0 unspecified atom stereocenters. The van der Waals surface area contributed by atoms with Gasteiger partial charge in [0.05, 0.1) is 11.4 Å². The number of carboxylic acid groups (broad SMARTS) is 1. The van der Waals surface area contributed by atoms with Crippen LogP contribution in [0.25, 0.3) is 6.08 Å². The summed E-state index contributed by atoms with van der Waals surface area (Å²) in [6.45, 7) is 1.81. The molecule has 0 atom stereocenters. The van der Waals surface area contributed by atoms with E-state index >= 15 is 0 Å². The maximum Gasteiger partial charge on any atom is 0.328 e. The molecule has 106 valence electrons. The first kappa shape index (κ1) is 14.5. The Bertz CT molecular complexity index is 708. The zero-order valence-corrected chi connectivity index (χ0v) is 11.4. The quantitative estimate of drug-likeness (QED) is 0.845. The lowest BCUT2D eigenvalue weighted by Gasteiger charge is -2.07. The van der Waals surface area contributed by atoms with Gasteiger partial charge in [0.15, 0.2) is 0 Å². The maximum absolute atomic E-state index is 12.2. The number of carbonyl (C=O) groups is 2. The Morgan fingerprint density at radius 2 is 2.05 bits per heavy atom. The summed E-state index contributed by atoms with van der Waals surface area (Å²) in [5.41, 5.74) is 2.47. The second-order valence-electron chi connectivity index (χ2n) is 4.39. The third-order valence-corrected chi connectivity index (χ3v) is 2.82. The van der Waals surface area contributed by atoms with Crippen molar-refractivity contribution in [2.24, 2.45) is 0 Å². The minimum absolute atomic E-state index is 0.267. The monoisotopic (exact) mass is 282 g/mol. The number of rotatable bonds is 4. The minimum Gasteiger partial charge on any atom is -0.478 e. The van der Waals surface area contributed by atoms with Crippen molar-refractivity contribution < 1.29 is 14.7 Å². The lowest BCUT2D eigenvalue weighted by Crippen LogP contribution is -2.13. The Morgan fingerprint density at radius 1 is 1.24 bits per heavy atom. The lowest BCUT2D eigenvalue weighted by atomic mass is 10.1. The summed E-state index contributed by atoms with van der Waals surface area (Å²) in [7, 11) is 0. The molecular formula is C16H14N2O3. The fourth-order valence-electron chi connectivity index (χ4n) is 1.76. The molecule has 0 aliphatic heterocycles. The molecule has 0 bridgehead atoms. The van der Waals surface area contributed by atoms with Crippen molar-refractivity contribution in [2.75, 3.05) is 5.32 Å². The van der Waals surface area contributed by atoms with Gasteiger partial charge in [0, 0.05) is 17.8 Å². The van der Waals surface area contributed by atoms with Crippen LogP contribution >= 0.6 is 0 Å². The Balaban J connectivity index is 2.18. The van der Waals surface area contributed by atoms with Gasteiger partial charge >= 0.3 is 5.97 Å². The molecule has 2 rings (SSSR count). The van der Waals surface area contributed by atoms with Crippen LogP contribution in [0, 0.1) is 6.92 Å². The predicted molar refractivity (Wildman–Crippen MR) is 80.0 cm³/mol. The number of pyridine rings is 1. The van der Waals surface area contributed by atoms with E-state index in [9.17, 15) is 9.59 Å². The zero-order valence-electron chi connectivity index (χ0n) is 11.4. The average molecular weight is 282 g/mol. The van der Waals surface area contributed by atoms with Crippen LogP contribution in [0.2, 0.25) is 0 Å². The number of anilines is 1. The van der Waals surface area contributed by atoms with Crippen LogP contribution in [0.1, 0.15) is 21.6 Å². The van der Waals surface area contributed by atoms with E-state index in [0.29, 0.717) is 16.8 Å². The highest BCUT2D eigenvalue weighted by molar-refractivity contribution is 6.04. The van der Waals surface area contributed by atoms with Crippen molar-refractivity contribution in [3.05, 3.63) is 65.5 Å². The molecule has 0 saturated heterocycles. The van der Waals surface area contributed by atoms with E-state index in [0.717, 1.165) is 11.8 Å². The van der Waals surface area contributed by atoms with Crippen molar-refractivity contribution in [2.45, 2.75) is 6.92 Å². The first-order valence-corrected chi connectivity index (χ1v) is 6.30. The van der Waals surface area contributed by atoms with Crippen molar-refractivity contribution in [1.29, 1.82) is 0 Å². The summed E-state index contributed by atoms with van der Waals surface area (Å²) < 4.78 is 0. The van der Waals surface area contributed by atoms with Crippen molar-refractivity contribution in [3.8, 4) is 0 Å². The molecule has 2 aromatic rings. The van der Waals surface area contributed by atoms with E-state index in [1.807, 2.05) is 6.92 Å². The summed E-state index contributed by atoms with van der Waals surface area (Å²) in [5, 5.41) is 11.4. The van der Waals surface area contributed by atoms with E-state index in [1.54, 1.807) is 42.6 Å². The predicted octanol–water partition coefficient (Wildman–Crippen LogP) is 2.74. The normalized spacial score (nSPS) is 10.5. The largest absolute Gasteiger partial charge is 0.478 e. The number of aromatic nitrogens is 1. The average Bonchev–Trinajstić information content (AvgIpc) is 2.48. The van der Waals surface area contributed by atoms with E-state index in [1.165, 1.54) is 6.08 Å². The van der Waals surface area contributed by atoms with E-state index in [4.69, 9.17) is 5.11 Å². The molecule has 2 N–H and O–H groups in total. The minimum atomic E-state index is -1.03. The summed E-state index contributed by atoms with van der Waals surface area (Å²) >= 11 is 0. The molecule has 1 heterocycles. The molecule has 0 aliphatic rings. The number of nitrogens with one attached hydrogen (secondary N) is 1. The highest BCUT2D eigenvalue weighted by atomic mass is 16.4. The Kier molecular flexibility index (Phi) is 4.46. The molecule has 0 spiro atoms. The Hall–Kier alpha value is -2.95. The number of benzene rings is 1. The number of nitrogens with zero attached hydrogens (tertiary/aromatic N) is 1. The van der Waals surface area contributed by atoms with Crippen LogP contribution in [0.15, 0.2) is 48.7 Å². The SMILES string of the molecule is Cc1ncccc1NC(=O)c1cccc(C=CC(=O)O)c1. The molecule has 5 nitrogen and oxygen atoms in total. The first-order valence-electron chi connectivity index (χ1n) is 6.30. The van der Waals surface area contributed by atoms with Crippen LogP contribution in [0.4, 0.5) is 5.69 Å². The van der Waals surface area contributed by atoms with Crippen molar-refractivity contribution in [1.82, 2.24) is 4.98 Å². The van der Waals surface area contributed by atoms with E-state index in [2.05, 4.69) is 10.3 Å². The summed E-state index contributed by atoms with van der Waals surface area (Å²) in [5.74, 6) is -1.30. The fourth-order valence-corrected chi connectivity index (χ4v) is 1.76. The van der Waals surface area contributed by atoms with Crippen LogP contribution < -0.4 is 5.32 Å². The second kappa shape index (κ2) is 6.47. The van der Waals surface area contributed by atoms with Gasteiger partial charge < -0.3 is 10.4 Å². The van der Waals surface area contributed by atoms with Gasteiger partial charge in [0.2, 0.25) is 0 Å². The molecule has 1 aromatic heterocycles. The summed E-state index contributed by atoms with van der Waals surface area (Å²) in [6, 6.07) is 10.2. The third-order valence-electron chi connectivity index (χ3n) is 2.82. The van der Waals surface area contributed by atoms with Gasteiger partial charge in [-0.25, -0.2) is 4.79 Å². The molecule has 0 fully saturated rings. The Morgan fingerprint density at radius 3 is 2.76 bits per heavy atom. The van der Waals surface area contributed by atoms with Gasteiger partial charge in [-0.1, -0.05) is 12.1 Å². The number of carboxylic acids is 1. The van der Waals surface area contributed by atoms with E-state index in [-0.39, 0.29) is 5.91 Å². The van der Waals surface area contributed by atoms with Gasteiger partial charge in [-0.3, -0.25) is 9.78 Å². The number of amides is 1. The summed E-state index contributed by atoms with van der Waals surface area (Å²) in [4.78, 5) is 26.8. The van der Waals surface area contributed by atoms with Crippen LogP contribution in [-0.2, 0) is 4.79 Å². The van der Waals surface area contributed by atoms with Gasteiger partial charge in [-0.05, 0) is 42.8 Å². The number of aryl methyl sites for hydroxylation is 1. The van der Waals surface area contributed by atoms with Gasteiger partial charge in [-0.2, -0.15) is 0 Å². The summed E-state index contributed by atoms with van der Waals surface area (Å²) in [6.07, 6.45) is 4.12. The first-order chi connectivity index (χ1) is 10.1. The van der Waals surface area contributed by atoms with E-state index < -0.39 is 5.97 Å². The lowest BCUT2D eigenvalue weighted by molar-refractivity contribution is -0.131. The van der Waals surface area contributed by atoms with Crippen LogP contribution in [-0.4, -0.2) is 22.0 Å². The molecule has 5 heteroatoms. The van der Waals surface area contributed by atoms with Crippen molar-refractivity contribution in [3.63, 3.8) is 0 Å². The number of carbonyl (C=O) groups excluding carboxylic acids is 1. The number of aliphatic carboxylic acids is 1. The smallest absolute Gasteiger partial charge is 0.328 e. The molecule has 0 aliphatic carbocycles. The molecule has 0 radical (unpaired) electrons. The number of hydrogen-bond donors (Lipinski definition) is 2. The topological polar surface area (TPSA) is 79.3 Å². The maximum atomic E-state index is 12.2. The van der Waals surface area contributed by atoms with Gasteiger partial charge in [0.1, 0.15) is 0 Å². The van der Waals surface area contributed by atoms with Crippen LogP contribution in [0.3, 0.4) is 0 Å². The van der Waals surface area contributed by atoms with Crippen molar-refractivity contribution >= 4 is 23.6 Å². The zero-order chi connectivity index (χ0) is 15.2. The second-order valence-corrected chi connectivity index (χ2v) is 4.39. The van der Waals surface area contributed by atoms with Crippen LogP contribution in [0.5, 0.6) is 0 Å². The molecule has 1 amide bonds. The molecule has 0 saturated carbocycles. The highest BCUT2D eigenvalue weighted by Gasteiger charge is 2.08. The van der Waals surface area contributed by atoms with Gasteiger partial charge in [-0.15, -0.1) is 0 Å². The van der Waals surface area contributed by atoms with Gasteiger partial charge in [0.25, 0.3) is 5.91 Å². The molecule has 1 aromatic carbocycles. The third kappa shape index (κ3) is 4.01. The highest BCUT2D eigenvalue weighted by Crippen LogP contribution is 2.13. The fraction of sp³-hybridized carbons (Fsp3) is 0.0625. The number of hydrogen-bond acceptors (Lipinski definition) is 3. The molecule has 21 heavy (non-hydrogen) atoms. The standard InChI is InChI=1S/C16H14N2O3/c1-11-14(6-3-9-17-11)18-16(21)13-5-2-4-12(10-13)7-8-15(19)20/h2-10H,1H3,(H,18,21)(H,19,20). The molecular weight excluding hydrogens is 268 g/mol.